The zero-order chi connectivity index (χ0) is 14.7. The van der Waals surface area contributed by atoms with Crippen LogP contribution in [0.5, 0.6) is 0 Å². The highest BCUT2D eigenvalue weighted by atomic mass is 19.2. The van der Waals surface area contributed by atoms with Crippen LogP contribution in [-0.4, -0.2) is 12.6 Å². The van der Waals surface area contributed by atoms with E-state index in [0.717, 1.165) is 17.6 Å². The van der Waals surface area contributed by atoms with E-state index in [-0.39, 0.29) is 6.10 Å². The van der Waals surface area contributed by atoms with Crippen LogP contribution in [0.4, 0.5) is 4.39 Å². The number of benzene rings is 1. The van der Waals surface area contributed by atoms with Gasteiger partial charge in [0.25, 0.3) is 0 Å². The summed E-state index contributed by atoms with van der Waals surface area (Å²) in [6.45, 7) is 6.35. The highest BCUT2D eigenvalue weighted by molar-refractivity contribution is 5.75. The third-order valence-electron chi connectivity index (χ3n) is 3.61. The summed E-state index contributed by atoms with van der Waals surface area (Å²) in [5.41, 5.74) is 4.73. The van der Waals surface area contributed by atoms with E-state index in [1.807, 2.05) is 19.1 Å². The number of aryl methyl sites for hydroxylation is 2. The summed E-state index contributed by atoms with van der Waals surface area (Å²) in [5, 5.41) is 0. The lowest BCUT2D eigenvalue weighted by Crippen LogP contribution is -2.02. The maximum atomic E-state index is 13.0. The molecule has 108 valence electrons. The normalized spacial score (nSPS) is 25.1. The van der Waals surface area contributed by atoms with Crippen molar-refractivity contribution in [1.82, 2.24) is 0 Å². The van der Waals surface area contributed by atoms with Crippen molar-refractivity contribution >= 4 is 5.57 Å². The molecule has 0 radical (unpaired) electrons. The van der Waals surface area contributed by atoms with Crippen LogP contribution in [0, 0.1) is 6.92 Å². The Morgan fingerprint density at radius 1 is 1.40 bits per heavy atom. The third kappa shape index (κ3) is 3.10. The smallest absolute Gasteiger partial charge is 0.353 e. The van der Waals surface area contributed by atoms with Gasteiger partial charge in [0.05, 0.1) is 0 Å². The molecule has 1 saturated heterocycles. The molecule has 0 saturated carbocycles. The highest BCUT2D eigenvalue weighted by Crippen LogP contribution is 2.28. The van der Waals surface area contributed by atoms with Crippen molar-refractivity contribution in [2.45, 2.75) is 46.8 Å². The minimum atomic E-state index is -1.65. The van der Waals surface area contributed by atoms with Gasteiger partial charge in [-0.3, -0.25) is 0 Å². The first-order chi connectivity index (χ1) is 9.55. The molecule has 2 atom stereocenters. The summed E-state index contributed by atoms with van der Waals surface area (Å²) in [6, 6.07) is 6.37. The van der Waals surface area contributed by atoms with Crippen molar-refractivity contribution in [2.24, 2.45) is 0 Å². The molecule has 1 aromatic carbocycles. The maximum absolute atomic E-state index is 13.0. The minimum Gasteiger partial charge on any atom is -0.440 e. The highest BCUT2D eigenvalue weighted by Gasteiger charge is 2.28. The van der Waals surface area contributed by atoms with Gasteiger partial charge in [-0.25, -0.2) is 0 Å². The van der Waals surface area contributed by atoms with Gasteiger partial charge in [0, 0.05) is 0 Å². The largest absolute Gasteiger partial charge is 0.440 e. The summed E-state index contributed by atoms with van der Waals surface area (Å²) in [6.07, 6.45) is 4.50. The zero-order valence-electron chi connectivity index (χ0n) is 12.4. The second kappa shape index (κ2) is 6.23. The molecule has 0 spiro atoms. The topological polar surface area (TPSA) is 18.5 Å². The lowest BCUT2D eigenvalue weighted by molar-refractivity contribution is -0.142. The van der Waals surface area contributed by atoms with Gasteiger partial charge in [-0.15, -0.1) is 0 Å². The van der Waals surface area contributed by atoms with E-state index in [1.54, 1.807) is 6.92 Å². The van der Waals surface area contributed by atoms with Crippen molar-refractivity contribution in [3.8, 4) is 0 Å². The van der Waals surface area contributed by atoms with E-state index in [9.17, 15) is 4.39 Å². The molecule has 2 rings (SSSR count). The van der Waals surface area contributed by atoms with Gasteiger partial charge in [0.1, 0.15) is 11.9 Å². The average molecular weight is 276 g/mol. The van der Waals surface area contributed by atoms with E-state index in [2.05, 4.69) is 32.0 Å². The molecule has 2 unspecified atom stereocenters. The molecular formula is C17H21FO2. The monoisotopic (exact) mass is 276 g/mol. The summed E-state index contributed by atoms with van der Waals surface area (Å²) in [5.74, 6) is 0.532. The lowest BCUT2D eigenvalue weighted by atomic mass is 9.97. The predicted molar refractivity (Wildman–Crippen MR) is 78.8 cm³/mol. The van der Waals surface area contributed by atoms with Crippen LogP contribution in [0.1, 0.15) is 37.5 Å². The Hall–Kier alpha value is -1.61. The van der Waals surface area contributed by atoms with Gasteiger partial charge < -0.3 is 9.47 Å². The Kier molecular flexibility index (Phi) is 4.61. The van der Waals surface area contributed by atoms with E-state index in [4.69, 9.17) is 9.47 Å². The number of hydrogen-bond acceptors (Lipinski definition) is 2. The molecule has 0 N–H and O–H groups in total. The third-order valence-corrected chi connectivity index (χ3v) is 3.61. The van der Waals surface area contributed by atoms with Crippen molar-refractivity contribution in [3.63, 3.8) is 0 Å². The molecule has 0 bridgehead atoms. The Balaban J connectivity index is 2.32. The van der Waals surface area contributed by atoms with Crippen LogP contribution in [-0.2, 0) is 15.9 Å². The van der Waals surface area contributed by atoms with Gasteiger partial charge in [-0.05, 0) is 55.5 Å². The number of alkyl halides is 1. The van der Waals surface area contributed by atoms with Crippen LogP contribution in [0.15, 0.2) is 36.1 Å². The minimum absolute atomic E-state index is 0.351. The molecule has 3 heteroatoms. The molecule has 1 fully saturated rings. The van der Waals surface area contributed by atoms with E-state index >= 15 is 0 Å². The molecular weight excluding hydrogens is 255 g/mol. The number of rotatable bonds is 3. The Morgan fingerprint density at radius 2 is 2.15 bits per heavy atom. The Morgan fingerprint density at radius 3 is 2.70 bits per heavy atom. The fourth-order valence-corrected chi connectivity index (χ4v) is 2.33. The number of allylic oxidation sites excluding steroid dienone is 3. The molecule has 0 amide bonds. The second-order valence-electron chi connectivity index (χ2n) is 4.96. The quantitative estimate of drug-likeness (QED) is 0.807. The molecule has 1 aliphatic heterocycles. The fraction of sp³-hybridized carbons (Fsp3) is 0.412. The van der Waals surface area contributed by atoms with Crippen LogP contribution < -0.4 is 0 Å². The van der Waals surface area contributed by atoms with Crippen molar-refractivity contribution in [3.05, 3.63) is 52.8 Å². The standard InChI is InChI=1S/C17H21FO2/c1-5-13-9-15(8-7-11(13)3)14(6-2)10-16-12(4)19-17(18)20-16/h6-10,12,17H,5H2,1-4H3. The van der Waals surface area contributed by atoms with Crippen LogP contribution in [0.25, 0.3) is 5.57 Å². The SMILES string of the molecule is CC=C(C=C1OC(F)OC1C)c1ccc(C)c(CC)c1. The molecule has 1 heterocycles. The number of hydrogen-bond donors (Lipinski definition) is 0. The van der Waals surface area contributed by atoms with Gasteiger partial charge in [-0.2, -0.15) is 4.39 Å². The molecule has 1 aromatic rings. The summed E-state index contributed by atoms with van der Waals surface area (Å²) in [4.78, 5) is 0. The predicted octanol–water partition coefficient (Wildman–Crippen LogP) is 4.53. The lowest BCUT2D eigenvalue weighted by Gasteiger charge is -2.09. The van der Waals surface area contributed by atoms with Gasteiger partial charge in [0.2, 0.25) is 0 Å². The van der Waals surface area contributed by atoms with E-state index in [0.29, 0.717) is 5.76 Å². The average Bonchev–Trinajstić information content (AvgIpc) is 2.75. The molecule has 20 heavy (non-hydrogen) atoms. The zero-order valence-corrected chi connectivity index (χ0v) is 12.4. The van der Waals surface area contributed by atoms with Gasteiger partial charge in [0.15, 0.2) is 0 Å². The Bertz CT molecular complexity index is 546. The Labute approximate surface area is 119 Å². The maximum Gasteiger partial charge on any atom is 0.353 e. The van der Waals surface area contributed by atoms with Gasteiger partial charge >= 0.3 is 6.54 Å². The fourth-order valence-electron chi connectivity index (χ4n) is 2.33. The first-order valence-electron chi connectivity index (χ1n) is 6.99. The number of ether oxygens (including phenoxy) is 2. The summed E-state index contributed by atoms with van der Waals surface area (Å²) in [7, 11) is 0. The van der Waals surface area contributed by atoms with Gasteiger partial charge in [-0.1, -0.05) is 31.2 Å². The van der Waals surface area contributed by atoms with Crippen LogP contribution >= 0.6 is 0 Å². The first kappa shape index (κ1) is 14.8. The van der Waals surface area contributed by atoms with E-state index < -0.39 is 6.54 Å². The molecule has 0 aromatic heterocycles. The van der Waals surface area contributed by atoms with Crippen molar-refractivity contribution in [2.75, 3.05) is 0 Å². The molecule has 2 nitrogen and oxygen atoms in total. The van der Waals surface area contributed by atoms with Crippen molar-refractivity contribution < 1.29 is 13.9 Å². The molecule has 1 aliphatic rings. The van der Waals surface area contributed by atoms with Crippen LogP contribution in [0.2, 0.25) is 0 Å². The summed E-state index contributed by atoms with van der Waals surface area (Å²) >= 11 is 0. The van der Waals surface area contributed by atoms with Crippen LogP contribution in [0.3, 0.4) is 0 Å². The molecule has 0 aliphatic carbocycles. The van der Waals surface area contributed by atoms with E-state index in [1.165, 1.54) is 11.1 Å². The second-order valence-corrected chi connectivity index (χ2v) is 4.96. The first-order valence-corrected chi connectivity index (χ1v) is 6.99. The van der Waals surface area contributed by atoms with Crippen molar-refractivity contribution in [1.29, 1.82) is 0 Å². The summed E-state index contributed by atoms with van der Waals surface area (Å²) < 4.78 is 23.0. The number of halogens is 1.